The van der Waals surface area contributed by atoms with E-state index in [4.69, 9.17) is 4.98 Å². The van der Waals surface area contributed by atoms with Crippen molar-refractivity contribution in [2.75, 3.05) is 23.8 Å². The minimum absolute atomic E-state index is 0.666. The van der Waals surface area contributed by atoms with Crippen molar-refractivity contribution in [3.63, 3.8) is 0 Å². The van der Waals surface area contributed by atoms with Gasteiger partial charge in [-0.2, -0.15) is 11.8 Å². The summed E-state index contributed by atoms with van der Waals surface area (Å²) in [5.41, 5.74) is 1.37. The molecule has 0 bridgehead atoms. The van der Waals surface area contributed by atoms with Gasteiger partial charge in [0.2, 0.25) is 0 Å². The van der Waals surface area contributed by atoms with Crippen LogP contribution >= 0.6 is 34.9 Å². The first kappa shape index (κ1) is 10.4. The van der Waals surface area contributed by atoms with Crippen molar-refractivity contribution < 1.29 is 0 Å². The van der Waals surface area contributed by atoms with Gasteiger partial charge in [-0.05, 0) is 0 Å². The van der Waals surface area contributed by atoms with E-state index < -0.39 is 0 Å². The highest BCUT2D eigenvalue weighted by atomic mass is 32.2. The molecule has 1 unspecified atom stereocenters. The molecular weight excluding hydrogens is 244 g/mol. The second-order valence-corrected chi connectivity index (χ2v) is 7.36. The summed E-state index contributed by atoms with van der Waals surface area (Å²) < 4.78 is 0. The standard InChI is InChI=1S/C10H14N2S3/c1-2-11-5-8-7(1)12-10(15-8)9-6-13-3-4-14-9/h9,11H,1-6H2. The molecule has 1 atom stereocenters. The molecule has 1 aromatic heterocycles. The average molecular weight is 258 g/mol. The van der Waals surface area contributed by atoms with Gasteiger partial charge in [-0.3, -0.25) is 0 Å². The molecule has 15 heavy (non-hydrogen) atoms. The number of rotatable bonds is 1. The Kier molecular flexibility index (Phi) is 3.24. The van der Waals surface area contributed by atoms with E-state index >= 15 is 0 Å². The second-order valence-electron chi connectivity index (χ2n) is 3.78. The van der Waals surface area contributed by atoms with E-state index in [1.165, 1.54) is 32.8 Å². The van der Waals surface area contributed by atoms with E-state index in [1.54, 1.807) is 0 Å². The summed E-state index contributed by atoms with van der Waals surface area (Å²) in [5.74, 6) is 3.86. The van der Waals surface area contributed by atoms with Crippen molar-refractivity contribution in [3.05, 3.63) is 15.6 Å². The lowest BCUT2D eigenvalue weighted by Gasteiger charge is -2.18. The zero-order chi connectivity index (χ0) is 10.1. The molecule has 0 spiro atoms. The Labute approximate surface area is 103 Å². The molecule has 2 aliphatic rings. The fourth-order valence-corrected chi connectivity index (χ4v) is 5.98. The van der Waals surface area contributed by atoms with Crippen LogP contribution in [0.3, 0.4) is 0 Å². The lowest BCUT2D eigenvalue weighted by molar-refractivity contribution is 0.642. The number of fused-ring (bicyclic) bond motifs is 1. The lowest BCUT2D eigenvalue weighted by Crippen LogP contribution is -2.22. The van der Waals surface area contributed by atoms with Gasteiger partial charge in [0, 0.05) is 41.6 Å². The maximum atomic E-state index is 4.82. The van der Waals surface area contributed by atoms with E-state index in [-0.39, 0.29) is 0 Å². The van der Waals surface area contributed by atoms with E-state index in [9.17, 15) is 0 Å². The molecule has 2 aliphatic heterocycles. The molecule has 0 aliphatic carbocycles. The van der Waals surface area contributed by atoms with Crippen LogP contribution in [0.1, 0.15) is 20.8 Å². The van der Waals surface area contributed by atoms with Gasteiger partial charge in [0.25, 0.3) is 0 Å². The topological polar surface area (TPSA) is 24.9 Å². The minimum Gasteiger partial charge on any atom is -0.311 e. The molecule has 0 radical (unpaired) electrons. The van der Waals surface area contributed by atoms with E-state index in [2.05, 4.69) is 28.8 Å². The largest absolute Gasteiger partial charge is 0.311 e. The SMILES string of the molecule is C1Cc2nc(C3CSCCS3)sc2CN1. The van der Waals surface area contributed by atoms with Crippen molar-refractivity contribution in [1.29, 1.82) is 0 Å². The number of hydrogen-bond donors (Lipinski definition) is 1. The zero-order valence-electron chi connectivity index (χ0n) is 8.49. The van der Waals surface area contributed by atoms with Crippen LogP contribution in [0.2, 0.25) is 0 Å². The normalized spacial score (nSPS) is 26.3. The molecule has 1 saturated heterocycles. The van der Waals surface area contributed by atoms with E-state index in [0.717, 1.165) is 19.5 Å². The van der Waals surface area contributed by atoms with Crippen LogP contribution in [-0.2, 0) is 13.0 Å². The summed E-state index contributed by atoms with van der Waals surface area (Å²) in [4.78, 5) is 6.30. The Balaban J connectivity index is 1.82. The fraction of sp³-hybridized carbons (Fsp3) is 0.700. The molecular formula is C10H14N2S3. The summed E-state index contributed by atoms with van der Waals surface area (Å²) in [6, 6.07) is 0. The maximum Gasteiger partial charge on any atom is 0.107 e. The molecule has 5 heteroatoms. The van der Waals surface area contributed by atoms with Crippen molar-refractivity contribution >= 4 is 34.9 Å². The third-order valence-corrected chi connectivity index (χ3v) is 6.83. The van der Waals surface area contributed by atoms with E-state index in [1.807, 2.05) is 11.3 Å². The monoisotopic (exact) mass is 258 g/mol. The molecule has 0 aromatic carbocycles. The quantitative estimate of drug-likeness (QED) is 0.835. The van der Waals surface area contributed by atoms with Crippen molar-refractivity contribution in [3.8, 4) is 0 Å². The van der Waals surface area contributed by atoms with Crippen molar-refractivity contribution in [1.82, 2.24) is 10.3 Å². The smallest absolute Gasteiger partial charge is 0.107 e. The van der Waals surface area contributed by atoms with Gasteiger partial charge in [-0.1, -0.05) is 0 Å². The minimum atomic E-state index is 0.666. The van der Waals surface area contributed by atoms with Gasteiger partial charge in [0.1, 0.15) is 5.01 Å². The lowest BCUT2D eigenvalue weighted by atomic mass is 10.2. The van der Waals surface area contributed by atoms with Crippen LogP contribution in [-0.4, -0.2) is 28.8 Å². The fourth-order valence-electron chi connectivity index (χ4n) is 1.91. The molecule has 1 N–H and O–H groups in total. The predicted octanol–water partition coefficient (Wildman–Crippen LogP) is 2.31. The Morgan fingerprint density at radius 2 is 2.33 bits per heavy atom. The highest BCUT2D eigenvalue weighted by Gasteiger charge is 2.23. The molecule has 1 fully saturated rings. The highest BCUT2D eigenvalue weighted by Crippen LogP contribution is 2.39. The first-order chi connectivity index (χ1) is 7.43. The number of nitrogens with zero attached hydrogens (tertiary/aromatic N) is 1. The second kappa shape index (κ2) is 4.65. The molecule has 1 aromatic rings. The Hall–Kier alpha value is 0.290. The first-order valence-corrected chi connectivity index (χ1v) is 8.34. The number of aromatic nitrogens is 1. The average Bonchev–Trinajstić information content (AvgIpc) is 2.74. The number of thioether (sulfide) groups is 2. The van der Waals surface area contributed by atoms with Crippen LogP contribution in [0.15, 0.2) is 0 Å². The van der Waals surface area contributed by atoms with Gasteiger partial charge in [-0.15, -0.1) is 23.1 Å². The molecule has 0 amide bonds. The zero-order valence-corrected chi connectivity index (χ0v) is 10.9. The maximum absolute atomic E-state index is 4.82. The van der Waals surface area contributed by atoms with Gasteiger partial charge in [0.15, 0.2) is 0 Å². The van der Waals surface area contributed by atoms with Crippen LogP contribution in [0.5, 0.6) is 0 Å². The highest BCUT2D eigenvalue weighted by molar-refractivity contribution is 8.06. The van der Waals surface area contributed by atoms with Gasteiger partial charge < -0.3 is 5.32 Å². The van der Waals surface area contributed by atoms with Crippen LogP contribution < -0.4 is 5.32 Å². The number of nitrogens with one attached hydrogen (secondary N) is 1. The summed E-state index contributed by atoms with van der Waals surface area (Å²) in [7, 11) is 0. The summed E-state index contributed by atoms with van der Waals surface area (Å²) in [5, 5.41) is 5.46. The van der Waals surface area contributed by atoms with Crippen LogP contribution in [0.25, 0.3) is 0 Å². The summed E-state index contributed by atoms with van der Waals surface area (Å²) >= 11 is 6.09. The van der Waals surface area contributed by atoms with E-state index in [0.29, 0.717) is 5.25 Å². The molecule has 82 valence electrons. The van der Waals surface area contributed by atoms with Gasteiger partial charge in [-0.25, -0.2) is 4.98 Å². The van der Waals surface area contributed by atoms with Crippen LogP contribution in [0.4, 0.5) is 0 Å². The van der Waals surface area contributed by atoms with Crippen molar-refractivity contribution in [2.24, 2.45) is 0 Å². The molecule has 2 nitrogen and oxygen atoms in total. The Morgan fingerprint density at radius 3 is 3.13 bits per heavy atom. The van der Waals surface area contributed by atoms with Crippen molar-refractivity contribution in [2.45, 2.75) is 18.2 Å². The number of hydrogen-bond acceptors (Lipinski definition) is 5. The molecule has 3 rings (SSSR count). The van der Waals surface area contributed by atoms with Gasteiger partial charge >= 0.3 is 0 Å². The third kappa shape index (κ3) is 2.20. The summed E-state index contributed by atoms with van der Waals surface area (Å²) in [6.07, 6.45) is 1.12. The Bertz CT molecular complexity index is 321. The first-order valence-electron chi connectivity index (χ1n) is 5.32. The predicted molar refractivity (Wildman–Crippen MR) is 70.0 cm³/mol. The molecule has 0 saturated carbocycles. The third-order valence-electron chi connectivity index (χ3n) is 2.71. The van der Waals surface area contributed by atoms with Gasteiger partial charge in [0.05, 0.1) is 10.9 Å². The number of thiazole rings is 1. The molecule has 3 heterocycles. The van der Waals surface area contributed by atoms with Crippen LogP contribution in [0, 0.1) is 0 Å². The Morgan fingerprint density at radius 1 is 1.33 bits per heavy atom. The summed E-state index contributed by atoms with van der Waals surface area (Å²) in [6.45, 7) is 2.14.